The number of ether oxygens (including phenoxy) is 1. The summed E-state index contributed by atoms with van der Waals surface area (Å²) in [6.07, 6.45) is 10.3. The van der Waals surface area contributed by atoms with Gasteiger partial charge in [0.05, 0.1) is 7.11 Å². The first-order valence-corrected chi connectivity index (χ1v) is 6.44. The average molecular weight is 258 g/mol. The monoisotopic (exact) mass is 258 g/mol. The van der Waals surface area contributed by atoms with Gasteiger partial charge in [-0.25, -0.2) is 0 Å². The van der Waals surface area contributed by atoms with E-state index in [-0.39, 0.29) is 17.5 Å². The second kappa shape index (κ2) is 6.23. The van der Waals surface area contributed by atoms with Gasteiger partial charge in [0.15, 0.2) is 17.3 Å². The summed E-state index contributed by atoms with van der Waals surface area (Å²) in [6.45, 7) is 0. The molecule has 19 heavy (non-hydrogen) atoms. The number of hydrogen-bond donors (Lipinski definition) is 1. The van der Waals surface area contributed by atoms with Gasteiger partial charge in [-0.15, -0.1) is 0 Å². The molecule has 0 amide bonds. The Morgan fingerprint density at radius 3 is 3.05 bits per heavy atom. The van der Waals surface area contributed by atoms with Gasteiger partial charge in [-0.1, -0.05) is 24.3 Å². The van der Waals surface area contributed by atoms with Crippen LogP contribution in [0.1, 0.15) is 24.8 Å². The zero-order valence-electron chi connectivity index (χ0n) is 11.0. The molecule has 0 saturated carbocycles. The number of benzene rings is 1. The number of allylic oxidation sites excluding steroid dienone is 3. The fraction of sp³-hybridized carbons (Fsp3) is 0.312. The van der Waals surface area contributed by atoms with Crippen molar-refractivity contribution in [3.05, 3.63) is 42.0 Å². The Morgan fingerprint density at radius 2 is 2.32 bits per heavy atom. The molecule has 3 nitrogen and oxygen atoms in total. The molecular weight excluding hydrogens is 240 g/mol. The zero-order valence-corrected chi connectivity index (χ0v) is 11.0. The lowest BCUT2D eigenvalue weighted by Gasteiger charge is -2.13. The fourth-order valence-electron chi connectivity index (χ4n) is 2.18. The first-order valence-electron chi connectivity index (χ1n) is 6.44. The summed E-state index contributed by atoms with van der Waals surface area (Å²) in [5.41, 5.74) is 0.952. The van der Waals surface area contributed by atoms with Crippen molar-refractivity contribution in [2.75, 3.05) is 7.11 Å². The van der Waals surface area contributed by atoms with E-state index < -0.39 is 0 Å². The number of aromatic hydroxyl groups is 1. The summed E-state index contributed by atoms with van der Waals surface area (Å²) in [5.74, 6) is 0.922. The van der Waals surface area contributed by atoms with Crippen LogP contribution in [-0.2, 0) is 4.79 Å². The third kappa shape index (κ3) is 3.47. The van der Waals surface area contributed by atoms with Crippen LogP contribution >= 0.6 is 0 Å². The first-order chi connectivity index (χ1) is 9.20. The van der Waals surface area contributed by atoms with Crippen LogP contribution in [0, 0.1) is 5.92 Å². The van der Waals surface area contributed by atoms with E-state index in [1.165, 1.54) is 7.11 Å². The van der Waals surface area contributed by atoms with Crippen molar-refractivity contribution in [1.82, 2.24) is 0 Å². The van der Waals surface area contributed by atoms with Crippen molar-refractivity contribution in [1.29, 1.82) is 0 Å². The van der Waals surface area contributed by atoms with Gasteiger partial charge in [-0.3, -0.25) is 4.79 Å². The van der Waals surface area contributed by atoms with Gasteiger partial charge in [0.1, 0.15) is 0 Å². The van der Waals surface area contributed by atoms with Crippen molar-refractivity contribution in [2.45, 2.75) is 19.3 Å². The third-order valence-electron chi connectivity index (χ3n) is 3.30. The van der Waals surface area contributed by atoms with E-state index in [0.29, 0.717) is 5.75 Å². The zero-order chi connectivity index (χ0) is 13.7. The van der Waals surface area contributed by atoms with E-state index in [0.717, 1.165) is 24.8 Å². The summed E-state index contributed by atoms with van der Waals surface area (Å²) < 4.78 is 5.05. The van der Waals surface area contributed by atoms with Gasteiger partial charge in [0, 0.05) is 5.92 Å². The SMILES string of the molecule is COc1cc(C=CCC2CCC=CC2=O)ccc1O. The number of phenolic OH excluding ortho intramolecular Hbond substituents is 1. The van der Waals surface area contributed by atoms with Crippen LogP contribution < -0.4 is 4.74 Å². The largest absolute Gasteiger partial charge is 0.504 e. The van der Waals surface area contributed by atoms with Crippen LogP contribution in [-0.4, -0.2) is 18.0 Å². The van der Waals surface area contributed by atoms with Gasteiger partial charge in [-0.2, -0.15) is 0 Å². The van der Waals surface area contributed by atoms with Crippen molar-refractivity contribution in [3.63, 3.8) is 0 Å². The molecule has 0 saturated heterocycles. The number of carbonyl (C=O) groups is 1. The van der Waals surface area contributed by atoms with Crippen LogP contribution in [0.3, 0.4) is 0 Å². The van der Waals surface area contributed by atoms with E-state index in [9.17, 15) is 9.90 Å². The highest BCUT2D eigenvalue weighted by Crippen LogP contribution is 2.27. The van der Waals surface area contributed by atoms with Crippen molar-refractivity contribution < 1.29 is 14.6 Å². The van der Waals surface area contributed by atoms with Crippen LogP contribution in [0.15, 0.2) is 36.4 Å². The lowest BCUT2D eigenvalue weighted by Crippen LogP contribution is -2.13. The molecule has 1 N–H and O–H groups in total. The molecule has 0 aliphatic heterocycles. The van der Waals surface area contributed by atoms with E-state index in [4.69, 9.17) is 4.74 Å². The minimum Gasteiger partial charge on any atom is -0.504 e. The second-order valence-electron chi connectivity index (χ2n) is 4.65. The number of methoxy groups -OCH3 is 1. The second-order valence-corrected chi connectivity index (χ2v) is 4.65. The maximum Gasteiger partial charge on any atom is 0.161 e. The van der Waals surface area contributed by atoms with Gasteiger partial charge in [0.2, 0.25) is 0 Å². The Kier molecular flexibility index (Phi) is 4.39. The molecule has 1 atom stereocenters. The highest BCUT2D eigenvalue weighted by Gasteiger charge is 2.16. The van der Waals surface area contributed by atoms with Crippen LogP contribution in [0.25, 0.3) is 6.08 Å². The molecule has 0 radical (unpaired) electrons. The maximum absolute atomic E-state index is 11.6. The van der Waals surface area contributed by atoms with E-state index in [1.54, 1.807) is 18.2 Å². The van der Waals surface area contributed by atoms with Crippen LogP contribution in [0.5, 0.6) is 11.5 Å². The van der Waals surface area contributed by atoms with Crippen molar-refractivity contribution in [3.8, 4) is 11.5 Å². The van der Waals surface area contributed by atoms with Gasteiger partial charge >= 0.3 is 0 Å². The lowest BCUT2D eigenvalue weighted by atomic mass is 9.90. The molecule has 3 heteroatoms. The summed E-state index contributed by atoms with van der Waals surface area (Å²) in [6, 6.07) is 5.19. The van der Waals surface area contributed by atoms with Gasteiger partial charge in [-0.05, 0) is 43.0 Å². The molecule has 1 aromatic carbocycles. The van der Waals surface area contributed by atoms with E-state index in [2.05, 4.69) is 0 Å². The lowest BCUT2D eigenvalue weighted by molar-refractivity contribution is -0.118. The molecule has 100 valence electrons. The topological polar surface area (TPSA) is 46.5 Å². The summed E-state index contributed by atoms with van der Waals surface area (Å²) in [7, 11) is 1.52. The summed E-state index contributed by atoms with van der Waals surface area (Å²) >= 11 is 0. The molecule has 0 bridgehead atoms. The normalized spacial score (nSPS) is 19.0. The highest BCUT2D eigenvalue weighted by molar-refractivity contribution is 5.92. The molecular formula is C16H18O3. The van der Waals surface area contributed by atoms with Gasteiger partial charge < -0.3 is 9.84 Å². The molecule has 0 heterocycles. The molecule has 0 fully saturated rings. The van der Waals surface area contributed by atoms with Crippen LogP contribution in [0.4, 0.5) is 0 Å². The predicted octanol–water partition coefficient (Wildman–Crippen LogP) is 3.34. The Hall–Kier alpha value is -2.03. The highest BCUT2D eigenvalue weighted by atomic mass is 16.5. The molecule has 0 spiro atoms. The number of hydrogen-bond acceptors (Lipinski definition) is 3. The Bertz CT molecular complexity index is 515. The molecule has 1 unspecified atom stereocenters. The molecule has 0 aromatic heterocycles. The van der Waals surface area contributed by atoms with Crippen molar-refractivity contribution in [2.24, 2.45) is 5.92 Å². The molecule has 1 aliphatic carbocycles. The first kappa shape index (κ1) is 13.4. The van der Waals surface area contributed by atoms with Crippen LogP contribution in [0.2, 0.25) is 0 Å². The number of carbonyl (C=O) groups excluding carboxylic acids is 1. The summed E-state index contributed by atoms with van der Waals surface area (Å²) in [4.78, 5) is 11.6. The smallest absolute Gasteiger partial charge is 0.161 e. The Labute approximate surface area is 113 Å². The number of rotatable bonds is 4. The third-order valence-corrected chi connectivity index (χ3v) is 3.30. The molecule has 2 rings (SSSR count). The predicted molar refractivity (Wildman–Crippen MR) is 75.2 cm³/mol. The number of ketones is 1. The quantitative estimate of drug-likeness (QED) is 0.901. The fourth-order valence-corrected chi connectivity index (χ4v) is 2.18. The average Bonchev–Trinajstić information content (AvgIpc) is 2.43. The minimum atomic E-state index is 0.111. The van der Waals surface area contributed by atoms with E-state index in [1.807, 2.05) is 24.3 Å². The number of phenols is 1. The summed E-state index contributed by atoms with van der Waals surface area (Å²) in [5, 5.41) is 9.50. The Morgan fingerprint density at radius 1 is 1.47 bits per heavy atom. The minimum absolute atomic E-state index is 0.111. The van der Waals surface area contributed by atoms with Gasteiger partial charge in [0.25, 0.3) is 0 Å². The molecule has 1 aromatic rings. The molecule has 1 aliphatic rings. The Balaban J connectivity index is 1.99. The van der Waals surface area contributed by atoms with E-state index >= 15 is 0 Å². The standard InChI is InChI=1S/C16H18O3/c1-19-16-11-12(9-10-15(16)18)5-4-7-13-6-2-3-8-14(13)17/h3-5,8-11,13,18H,2,6-7H2,1H3. The maximum atomic E-state index is 11.6. The van der Waals surface area contributed by atoms with Crippen molar-refractivity contribution >= 4 is 11.9 Å².